The minimum atomic E-state index is -0.0796. The molecule has 0 aliphatic heterocycles. The number of hydrogen-bond donors (Lipinski definition) is 2. The topological polar surface area (TPSA) is 79.1 Å². The quantitative estimate of drug-likeness (QED) is 0.447. The van der Waals surface area contributed by atoms with Crippen LogP contribution in [0.2, 0.25) is 0 Å². The fraction of sp³-hybridized carbons (Fsp3) is 0.278. The molecule has 1 aromatic carbocycles. The molecule has 0 amide bonds. The largest absolute Gasteiger partial charge is 0.493 e. The van der Waals surface area contributed by atoms with Gasteiger partial charge >= 0.3 is 0 Å². The maximum Gasteiger partial charge on any atom is 0.221 e. The van der Waals surface area contributed by atoms with Crippen LogP contribution in [0.15, 0.2) is 47.7 Å². The van der Waals surface area contributed by atoms with Crippen LogP contribution in [-0.2, 0) is 6.67 Å². The second-order valence-electron chi connectivity index (χ2n) is 5.85. The summed E-state index contributed by atoms with van der Waals surface area (Å²) in [6.07, 6.45) is 3.63. The van der Waals surface area contributed by atoms with Crippen molar-refractivity contribution in [2.75, 3.05) is 13.1 Å². The van der Waals surface area contributed by atoms with Crippen LogP contribution in [0.3, 0.4) is 0 Å². The lowest BCUT2D eigenvalue weighted by molar-refractivity contribution is 0.255. The van der Waals surface area contributed by atoms with Crippen LogP contribution in [0.25, 0.3) is 10.9 Å². The standard InChI is InChI=1S/C18H23N5OS/c1-5-7-22(8-6-2)11-23-15-10-13(4)12(3)9-14(15)16(17(23)24)20-21-18(19)25/h5-6,9-10,24H,1-2,7-8,11H2,3-4H3,(H2,19,25). The normalized spacial score (nSPS) is 11.5. The van der Waals surface area contributed by atoms with Crippen molar-refractivity contribution in [2.24, 2.45) is 16.0 Å². The van der Waals surface area contributed by atoms with E-state index in [0.29, 0.717) is 25.4 Å². The summed E-state index contributed by atoms with van der Waals surface area (Å²) >= 11 is 4.75. The fourth-order valence-electron chi connectivity index (χ4n) is 2.67. The average molecular weight is 357 g/mol. The minimum absolute atomic E-state index is 0.0260. The van der Waals surface area contributed by atoms with Gasteiger partial charge in [-0.1, -0.05) is 12.2 Å². The average Bonchev–Trinajstić information content (AvgIpc) is 2.78. The molecule has 0 saturated carbocycles. The summed E-state index contributed by atoms with van der Waals surface area (Å²) in [7, 11) is 0. The summed E-state index contributed by atoms with van der Waals surface area (Å²) in [4.78, 5) is 2.09. The Balaban J connectivity index is 2.63. The highest BCUT2D eigenvalue weighted by Gasteiger charge is 2.19. The Morgan fingerprint density at radius 1 is 1.28 bits per heavy atom. The van der Waals surface area contributed by atoms with E-state index in [-0.39, 0.29) is 11.0 Å². The van der Waals surface area contributed by atoms with E-state index in [9.17, 15) is 5.11 Å². The molecular formula is C18H23N5OS. The molecule has 132 valence electrons. The lowest BCUT2D eigenvalue weighted by Gasteiger charge is -2.20. The monoisotopic (exact) mass is 357 g/mol. The molecule has 7 heteroatoms. The van der Waals surface area contributed by atoms with Gasteiger partial charge in [-0.25, -0.2) is 0 Å². The molecular weight excluding hydrogens is 334 g/mol. The summed E-state index contributed by atoms with van der Waals surface area (Å²) in [5, 5.41) is 19.3. The van der Waals surface area contributed by atoms with E-state index < -0.39 is 0 Å². The highest BCUT2D eigenvalue weighted by molar-refractivity contribution is 7.80. The first-order valence-corrected chi connectivity index (χ1v) is 8.27. The highest BCUT2D eigenvalue weighted by atomic mass is 32.1. The van der Waals surface area contributed by atoms with Crippen molar-refractivity contribution >= 4 is 33.9 Å². The predicted molar refractivity (Wildman–Crippen MR) is 106 cm³/mol. The molecule has 0 spiro atoms. The smallest absolute Gasteiger partial charge is 0.221 e. The first kappa shape index (κ1) is 18.8. The molecule has 0 unspecified atom stereocenters. The van der Waals surface area contributed by atoms with Crippen molar-refractivity contribution < 1.29 is 5.11 Å². The zero-order valence-electron chi connectivity index (χ0n) is 14.6. The SMILES string of the molecule is C=CCN(CC=C)Cn1c(O)c(N=NC(N)=S)c2cc(C)c(C)cc21. The molecule has 0 aliphatic carbocycles. The summed E-state index contributed by atoms with van der Waals surface area (Å²) in [6.45, 7) is 13.4. The van der Waals surface area contributed by atoms with Gasteiger partial charge in [0.1, 0.15) is 0 Å². The fourth-order valence-corrected chi connectivity index (χ4v) is 2.71. The molecule has 0 aliphatic rings. The Bertz CT molecular complexity index is 843. The maximum absolute atomic E-state index is 10.7. The zero-order valence-corrected chi connectivity index (χ0v) is 15.4. The number of hydrogen-bond acceptors (Lipinski definition) is 4. The molecule has 0 atom stereocenters. The Morgan fingerprint density at radius 3 is 2.44 bits per heavy atom. The van der Waals surface area contributed by atoms with Crippen LogP contribution in [0, 0.1) is 13.8 Å². The molecule has 25 heavy (non-hydrogen) atoms. The second-order valence-corrected chi connectivity index (χ2v) is 6.27. The molecule has 0 fully saturated rings. The minimum Gasteiger partial charge on any atom is -0.493 e. The van der Waals surface area contributed by atoms with Gasteiger partial charge in [-0.05, 0) is 49.3 Å². The highest BCUT2D eigenvalue weighted by Crippen LogP contribution is 2.40. The summed E-state index contributed by atoms with van der Waals surface area (Å²) in [5.74, 6) is 0.0260. The predicted octanol–water partition coefficient (Wildman–Crippen LogP) is 3.92. The Kier molecular flexibility index (Phi) is 6.06. The van der Waals surface area contributed by atoms with Gasteiger partial charge in [0.25, 0.3) is 0 Å². The lowest BCUT2D eigenvalue weighted by Crippen LogP contribution is -2.26. The van der Waals surface area contributed by atoms with Gasteiger partial charge in [0.2, 0.25) is 11.0 Å². The number of aryl methyl sites for hydroxylation is 2. The van der Waals surface area contributed by atoms with Gasteiger partial charge in [0.05, 0.1) is 12.2 Å². The third-order valence-electron chi connectivity index (χ3n) is 3.99. The molecule has 0 radical (unpaired) electrons. The molecule has 0 saturated heterocycles. The van der Waals surface area contributed by atoms with Gasteiger partial charge in [0.15, 0.2) is 5.69 Å². The summed E-state index contributed by atoms with van der Waals surface area (Å²) in [5.41, 5.74) is 8.87. The summed E-state index contributed by atoms with van der Waals surface area (Å²) in [6, 6.07) is 4.02. The molecule has 1 heterocycles. The van der Waals surface area contributed by atoms with E-state index in [0.717, 1.165) is 22.0 Å². The number of aromatic nitrogens is 1. The van der Waals surface area contributed by atoms with E-state index in [1.165, 1.54) is 0 Å². The Morgan fingerprint density at radius 2 is 1.88 bits per heavy atom. The van der Waals surface area contributed by atoms with Crippen molar-refractivity contribution in [1.29, 1.82) is 0 Å². The zero-order chi connectivity index (χ0) is 18.6. The van der Waals surface area contributed by atoms with Crippen LogP contribution < -0.4 is 5.73 Å². The number of rotatable bonds is 7. The molecule has 1 aromatic heterocycles. The van der Waals surface area contributed by atoms with Crippen molar-refractivity contribution in [2.45, 2.75) is 20.5 Å². The Labute approximate surface area is 153 Å². The van der Waals surface area contributed by atoms with E-state index in [1.807, 2.05) is 38.1 Å². The van der Waals surface area contributed by atoms with Crippen LogP contribution >= 0.6 is 12.2 Å². The number of aromatic hydroxyl groups is 1. The number of nitrogens with two attached hydrogens (primary N) is 1. The van der Waals surface area contributed by atoms with Gasteiger partial charge < -0.3 is 10.8 Å². The molecule has 6 nitrogen and oxygen atoms in total. The number of azo groups is 1. The number of fused-ring (bicyclic) bond motifs is 1. The molecule has 2 rings (SSSR count). The van der Waals surface area contributed by atoms with Crippen LogP contribution in [0.1, 0.15) is 11.1 Å². The van der Waals surface area contributed by atoms with Gasteiger partial charge in [-0.15, -0.1) is 23.4 Å². The third-order valence-corrected chi connectivity index (χ3v) is 4.07. The maximum atomic E-state index is 10.7. The lowest BCUT2D eigenvalue weighted by atomic mass is 10.1. The molecule has 3 N–H and O–H groups in total. The van der Waals surface area contributed by atoms with Crippen molar-refractivity contribution in [3.8, 4) is 5.88 Å². The van der Waals surface area contributed by atoms with Crippen LogP contribution in [-0.4, -0.2) is 32.8 Å². The van der Waals surface area contributed by atoms with Crippen LogP contribution in [0.4, 0.5) is 5.69 Å². The van der Waals surface area contributed by atoms with Crippen molar-refractivity contribution in [3.05, 3.63) is 48.6 Å². The third kappa shape index (κ3) is 4.12. The Hall–Kier alpha value is -2.51. The first-order valence-electron chi connectivity index (χ1n) is 7.86. The molecule has 2 aromatic rings. The van der Waals surface area contributed by atoms with Crippen molar-refractivity contribution in [1.82, 2.24) is 9.47 Å². The van der Waals surface area contributed by atoms with E-state index in [2.05, 4.69) is 28.3 Å². The first-order chi connectivity index (χ1) is 11.9. The second kappa shape index (κ2) is 8.04. The van der Waals surface area contributed by atoms with E-state index >= 15 is 0 Å². The van der Waals surface area contributed by atoms with E-state index in [4.69, 9.17) is 18.0 Å². The van der Waals surface area contributed by atoms with E-state index in [1.54, 1.807) is 4.57 Å². The number of thiocarbonyl (C=S) groups is 1. The summed E-state index contributed by atoms with van der Waals surface area (Å²) < 4.78 is 1.79. The molecule has 0 bridgehead atoms. The van der Waals surface area contributed by atoms with Gasteiger partial charge in [-0.3, -0.25) is 9.47 Å². The van der Waals surface area contributed by atoms with Crippen LogP contribution in [0.5, 0.6) is 5.88 Å². The number of nitrogens with zero attached hydrogens (tertiary/aromatic N) is 4. The number of benzene rings is 1. The van der Waals surface area contributed by atoms with Gasteiger partial charge in [-0.2, -0.15) is 0 Å². The van der Waals surface area contributed by atoms with Gasteiger partial charge in [0, 0.05) is 18.5 Å². The van der Waals surface area contributed by atoms with Crippen molar-refractivity contribution in [3.63, 3.8) is 0 Å².